The van der Waals surface area contributed by atoms with Crippen molar-refractivity contribution < 1.29 is 4.74 Å². The average molecular weight is 861 g/mol. The molecule has 4 heterocycles. The third-order valence-electron chi connectivity index (χ3n) is 13.9. The number of pyridine rings is 1. The van der Waals surface area contributed by atoms with Crippen LogP contribution in [0.25, 0.3) is 55.6 Å². The molecule has 0 saturated heterocycles. The van der Waals surface area contributed by atoms with Crippen molar-refractivity contribution in [3.63, 3.8) is 0 Å². The van der Waals surface area contributed by atoms with Crippen LogP contribution in [0.4, 0.5) is 11.4 Å². The van der Waals surface area contributed by atoms with Crippen molar-refractivity contribution >= 4 is 38.9 Å². The van der Waals surface area contributed by atoms with E-state index in [1.54, 1.807) is 0 Å². The Kier molecular flexibility index (Phi) is 9.63. The number of benzene rings is 7. The van der Waals surface area contributed by atoms with Crippen molar-refractivity contribution in [2.24, 2.45) is 0 Å². The van der Waals surface area contributed by atoms with E-state index in [0.717, 1.165) is 39.4 Å². The lowest BCUT2D eigenvalue weighted by Gasteiger charge is -2.32. The summed E-state index contributed by atoms with van der Waals surface area (Å²) in [7, 11) is 0. The van der Waals surface area contributed by atoms with Crippen molar-refractivity contribution in [3.8, 4) is 39.6 Å². The van der Waals surface area contributed by atoms with Crippen LogP contribution in [-0.4, -0.2) is 16.2 Å². The quantitative estimate of drug-likeness (QED) is 0.160. The van der Waals surface area contributed by atoms with E-state index in [4.69, 9.17) is 9.72 Å². The molecule has 0 N–H and O–H groups in total. The van der Waals surface area contributed by atoms with Crippen LogP contribution in [0, 0.1) is 0 Å². The number of hydrogen-bond donors (Lipinski definition) is 0. The van der Waals surface area contributed by atoms with E-state index >= 15 is 0 Å². The molecule has 0 saturated carbocycles. The van der Waals surface area contributed by atoms with Gasteiger partial charge in [0.25, 0.3) is 0 Å². The van der Waals surface area contributed by atoms with Gasteiger partial charge in [-0.3, -0.25) is 4.57 Å². The van der Waals surface area contributed by atoms with Gasteiger partial charge in [0.1, 0.15) is 17.3 Å². The zero-order valence-electron chi connectivity index (χ0n) is 39.2. The van der Waals surface area contributed by atoms with Crippen LogP contribution < -0.4 is 14.5 Å². The molecule has 0 fully saturated rings. The first-order chi connectivity index (χ1) is 31.7. The largest absolute Gasteiger partial charge is 0.457 e. The molecule has 5 heteroatoms. The van der Waals surface area contributed by atoms with Gasteiger partial charge in [0, 0.05) is 57.5 Å². The van der Waals surface area contributed by atoms with Gasteiger partial charge in [-0.2, -0.15) is 0 Å². The SMILES string of the molecule is CC(C)(C)c1cc(N2C=C3c4ccccc4-c4ccc(Oc5ccc6c7cc(-c8ccccc8)ccc7n(-c7cc(C(C)(C)c8ccccc8)ccn7)c6c5)cc4N3C2)cc(C(C)(C)C)c1. The Bertz CT molecular complexity index is 3330. The number of ether oxygens (including phenoxy) is 1. The number of rotatable bonds is 7. The first-order valence-corrected chi connectivity index (χ1v) is 23.2. The lowest BCUT2D eigenvalue weighted by atomic mass is 9.78. The molecular weight excluding hydrogens is 805 g/mol. The maximum absolute atomic E-state index is 6.93. The summed E-state index contributed by atoms with van der Waals surface area (Å²) in [4.78, 5) is 9.92. The molecule has 9 aromatic rings. The van der Waals surface area contributed by atoms with Gasteiger partial charge in [0.05, 0.1) is 29.1 Å². The third kappa shape index (κ3) is 7.14. The predicted molar refractivity (Wildman–Crippen MR) is 276 cm³/mol. The maximum atomic E-state index is 6.93. The Morgan fingerprint density at radius 1 is 0.485 bits per heavy atom. The zero-order valence-corrected chi connectivity index (χ0v) is 39.2. The molecule has 0 atom stereocenters. The predicted octanol–water partition coefficient (Wildman–Crippen LogP) is 15.8. The summed E-state index contributed by atoms with van der Waals surface area (Å²) >= 11 is 0. The third-order valence-corrected chi connectivity index (χ3v) is 13.9. The minimum atomic E-state index is -0.229. The van der Waals surface area contributed by atoms with Crippen LogP contribution in [0.3, 0.4) is 0 Å². The van der Waals surface area contributed by atoms with Gasteiger partial charge in [0.15, 0.2) is 0 Å². The molecule has 66 heavy (non-hydrogen) atoms. The lowest BCUT2D eigenvalue weighted by molar-refractivity contribution is 0.483. The number of aromatic nitrogens is 2. The summed E-state index contributed by atoms with van der Waals surface area (Å²) in [6.07, 6.45) is 4.29. The first-order valence-electron chi connectivity index (χ1n) is 23.2. The number of nitrogens with zero attached hydrogens (tertiary/aromatic N) is 4. The van der Waals surface area contributed by atoms with E-state index in [2.05, 4.69) is 246 Å². The highest BCUT2D eigenvalue weighted by Gasteiger charge is 2.34. The maximum Gasteiger partial charge on any atom is 0.137 e. The molecule has 2 aliphatic heterocycles. The smallest absolute Gasteiger partial charge is 0.137 e. The lowest BCUT2D eigenvalue weighted by Crippen LogP contribution is -2.29. The standard InChI is InChI=1S/C61H56N4O/c1-59(2,3)44-32-45(60(4,5)6)34-46(33-44)63-38-57-50-22-16-15-21-49(50)51-26-24-47(36-55(51)64(57)39-63)66-48-25-27-52-53-31-41(40-17-11-9-12-18-40)23-28-54(53)65(56(52)37-48)58-35-43(29-30-62-58)61(7,8)42-19-13-10-14-20-42/h9-38H,39H2,1-8H3. The summed E-state index contributed by atoms with van der Waals surface area (Å²) in [5.74, 6) is 2.42. The van der Waals surface area contributed by atoms with E-state index in [-0.39, 0.29) is 16.2 Å². The summed E-state index contributed by atoms with van der Waals surface area (Å²) in [5, 5.41) is 2.31. The minimum absolute atomic E-state index is 0.0175. The molecule has 0 aliphatic carbocycles. The second-order valence-corrected chi connectivity index (χ2v) is 20.7. The second kappa shape index (κ2) is 15.4. The summed E-state index contributed by atoms with van der Waals surface area (Å²) in [6.45, 7) is 19.1. The van der Waals surface area contributed by atoms with Crippen LogP contribution in [0.2, 0.25) is 0 Å². The number of fused-ring (bicyclic) bond motifs is 9. The molecule has 0 unspecified atom stereocenters. The normalized spacial score (nSPS) is 13.7. The zero-order chi connectivity index (χ0) is 45.5. The van der Waals surface area contributed by atoms with Gasteiger partial charge in [-0.15, -0.1) is 0 Å². The van der Waals surface area contributed by atoms with Crippen molar-refractivity contribution in [1.29, 1.82) is 0 Å². The molecule has 0 amide bonds. The van der Waals surface area contributed by atoms with Gasteiger partial charge in [-0.25, -0.2) is 4.98 Å². The molecule has 0 radical (unpaired) electrons. The fourth-order valence-corrected chi connectivity index (χ4v) is 9.88. The van der Waals surface area contributed by atoms with Gasteiger partial charge in [-0.05, 0) is 110 Å². The Balaban J connectivity index is 1.00. The highest BCUT2D eigenvalue weighted by molar-refractivity contribution is 6.11. The fourth-order valence-electron chi connectivity index (χ4n) is 9.88. The van der Waals surface area contributed by atoms with Gasteiger partial charge < -0.3 is 14.5 Å². The number of hydrogen-bond acceptors (Lipinski definition) is 4. The Hall–Kier alpha value is -7.37. The van der Waals surface area contributed by atoms with Crippen LogP contribution in [0.1, 0.15) is 83.2 Å². The van der Waals surface area contributed by atoms with E-state index in [1.165, 1.54) is 66.8 Å². The Labute approximate surface area is 389 Å². The molecule has 2 aliphatic rings. The number of anilines is 2. The molecule has 0 spiro atoms. The summed E-state index contributed by atoms with van der Waals surface area (Å²) < 4.78 is 9.23. The van der Waals surface area contributed by atoms with E-state index in [0.29, 0.717) is 6.67 Å². The van der Waals surface area contributed by atoms with Crippen molar-refractivity contribution in [2.45, 2.75) is 71.6 Å². The molecule has 0 bridgehead atoms. The molecule has 7 aromatic carbocycles. The van der Waals surface area contributed by atoms with E-state index in [9.17, 15) is 0 Å². The molecule has 5 nitrogen and oxygen atoms in total. The van der Waals surface area contributed by atoms with Gasteiger partial charge >= 0.3 is 0 Å². The molecular formula is C61H56N4O. The first kappa shape index (κ1) is 41.3. The van der Waals surface area contributed by atoms with E-state index < -0.39 is 0 Å². The molecule has 11 rings (SSSR count). The van der Waals surface area contributed by atoms with Crippen molar-refractivity contribution in [3.05, 3.63) is 210 Å². The molecule has 2 aromatic heterocycles. The second-order valence-electron chi connectivity index (χ2n) is 20.7. The topological polar surface area (TPSA) is 33.5 Å². The Morgan fingerprint density at radius 2 is 1.15 bits per heavy atom. The summed E-state index contributed by atoms with van der Waals surface area (Å²) in [6, 6.07) is 61.5. The minimum Gasteiger partial charge on any atom is -0.457 e. The van der Waals surface area contributed by atoms with Gasteiger partial charge in [-0.1, -0.05) is 152 Å². The Morgan fingerprint density at radius 3 is 1.88 bits per heavy atom. The monoisotopic (exact) mass is 860 g/mol. The van der Waals surface area contributed by atoms with Crippen LogP contribution in [0.15, 0.2) is 182 Å². The van der Waals surface area contributed by atoms with Crippen LogP contribution >= 0.6 is 0 Å². The molecule has 326 valence electrons. The summed E-state index contributed by atoms with van der Waals surface area (Å²) in [5.41, 5.74) is 16.7. The van der Waals surface area contributed by atoms with Crippen molar-refractivity contribution in [1.82, 2.24) is 9.55 Å². The van der Waals surface area contributed by atoms with Gasteiger partial charge in [0.2, 0.25) is 0 Å². The van der Waals surface area contributed by atoms with Crippen LogP contribution in [-0.2, 0) is 16.2 Å². The van der Waals surface area contributed by atoms with Crippen molar-refractivity contribution in [2.75, 3.05) is 16.5 Å². The fraction of sp³-hybridized carbons (Fsp3) is 0.197. The van der Waals surface area contributed by atoms with Crippen LogP contribution in [0.5, 0.6) is 11.5 Å². The highest BCUT2D eigenvalue weighted by atomic mass is 16.5. The highest BCUT2D eigenvalue weighted by Crippen LogP contribution is 2.49. The van der Waals surface area contributed by atoms with E-state index in [1.807, 2.05) is 6.20 Å². The average Bonchev–Trinajstić information content (AvgIpc) is 3.92.